The fraction of sp³-hybridized carbons (Fsp3) is 0.538. The van der Waals surface area contributed by atoms with Gasteiger partial charge in [0, 0.05) is 25.4 Å². The highest BCUT2D eigenvalue weighted by atomic mass is 32.2. The molecule has 2 N–H and O–H groups in total. The van der Waals surface area contributed by atoms with Crippen molar-refractivity contribution in [3.63, 3.8) is 0 Å². The van der Waals surface area contributed by atoms with Crippen LogP contribution in [0.15, 0.2) is 29.2 Å². The molecule has 0 radical (unpaired) electrons. The molecule has 1 aromatic rings. The van der Waals surface area contributed by atoms with Gasteiger partial charge < -0.3 is 5.73 Å². The summed E-state index contributed by atoms with van der Waals surface area (Å²) in [6, 6.07) is 5.86. The van der Waals surface area contributed by atoms with E-state index in [9.17, 15) is 16.8 Å². The van der Waals surface area contributed by atoms with Gasteiger partial charge in [-0.2, -0.15) is 4.31 Å². The number of sulfonamides is 1. The van der Waals surface area contributed by atoms with Gasteiger partial charge in [0.2, 0.25) is 10.0 Å². The number of benzene rings is 1. The highest BCUT2D eigenvalue weighted by molar-refractivity contribution is 7.90. The van der Waals surface area contributed by atoms with Crippen LogP contribution < -0.4 is 5.73 Å². The van der Waals surface area contributed by atoms with Crippen molar-refractivity contribution in [2.45, 2.75) is 29.5 Å². The average molecular weight is 332 g/mol. The van der Waals surface area contributed by atoms with Crippen LogP contribution >= 0.6 is 0 Å². The van der Waals surface area contributed by atoms with Crippen molar-refractivity contribution < 1.29 is 16.8 Å². The Labute approximate surface area is 125 Å². The Morgan fingerprint density at radius 1 is 1.19 bits per heavy atom. The summed E-state index contributed by atoms with van der Waals surface area (Å²) < 4.78 is 49.0. The molecule has 0 spiro atoms. The van der Waals surface area contributed by atoms with Gasteiger partial charge in [0.05, 0.1) is 10.6 Å². The minimum Gasteiger partial charge on any atom is -0.329 e. The van der Waals surface area contributed by atoms with Crippen LogP contribution in [0.3, 0.4) is 0 Å². The molecule has 1 atom stereocenters. The molecule has 1 aromatic carbocycles. The number of hydrogen-bond acceptors (Lipinski definition) is 5. The lowest BCUT2D eigenvalue weighted by Gasteiger charge is -2.22. The Bertz CT molecular complexity index is 696. The molecule has 21 heavy (non-hydrogen) atoms. The maximum atomic E-state index is 12.6. The quantitative estimate of drug-likeness (QED) is 0.839. The number of nitrogens with two attached hydrogens (primary N) is 1. The van der Waals surface area contributed by atoms with E-state index in [1.807, 2.05) is 0 Å². The van der Waals surface area contributed by atoms with Crippen LogP contribution in [0.4, 0.5) is 0 Å². The second-order valence-corrected chi connectivity index (χ2v) is 9.39. The summed E-state index contributed by atoms with van der Waals surface area (Å²) in [5, 5.41) is 0. The minimum absolute atomic E-state index is 0.0948. The van der Waals surface area contributed by atoms with Gasteiger partial charge >= 0.3 is 0 Å². The first-order valence-electron chi connectivity index (χ1n) is 6.72. The van der Waals surface area contributed by atoms with Crippen LogP contribution in [-0.2, 0) is 25.6 Å². The maximum Gasteiger partial charge on any atom is 0.243 e. The summed E-state index contributed by atoms with van der Waals surface area (Å²) in [6.45, 7) is 0.792. The lowest BCUT2D eigenvalue weighted by Crippen LogP contribution is -2.39. The molecule has 1 fully saturated rings. The van der Waals surface area contributed by atoms with E-state index in [1.54, 1.807) is 12.1 Å². The van der Waals surface area contributed by atoms with Gasteiger partial charge in [-0.1, -0.05) is 12.1 Å². The zero-order valence-corrected chi connectivity index (χ0v) is 13.5. The lowest BCUT2D eigenvalue weighted by molar-refractivity contribution is 0.393. The minimum atomic E-state index is -3.56. The molecule has 1 saturated heterocycles. The Balaban J connectivity index is 2.25. The zero-order valence-electron chi connectivity index (χ0n) is 11.9. The third-order valence-corrected chi connectivity index (χ3v) is 6.38. The van der Waals surface area contributed by atoms with Crippen LogP contribution in [0.2, 0.25) is 0 Å². The van der Waals surface area contributed by atoms with E-state index < -0.39 is 19.9 Å². The summed E-state index contributed by atoms with van der Waals surface area (Å²) >= 11 is 0. The molecular weight excluding hydrogens is 312 g/mol. The van der Waals surface area contributed by atoms with E-state index in [2.05, 4.69) is 0 Å². The first kappa shape index (κ1) is 16.4. The fourth-order valence-corrected chi connectivity index (χ4v) is 5.06. The summed E-state index contributed by atoms with van der Waals surface area (Å²) in [5.41, 5.74) is 6.20. The van der Waals surface area contributed by atoms with Gasteiger partial charge in [0.15, 0.2) is 9.84 Å². The molecule has 8 heteroatoms. The van der Waals surface area contributed by atoms with E-state index in [-0.39, 0.29) is 16.7 Å². The van der Waals surface area contributed by atoms with Gasteiger partial charge in [-0.3, -0.25) is 0 Å². The lowest BCUT2D eigenvalue weighted by atomic mass is 10.2. The van der Waals surface area contributed by atoms with E-state index in [1.165, 1.54) is 16.4 Å². The first-order chi connectivity index (χ1) is 9.74. The summed E-state index contributed by atoms with van der Waals surface area (Å²) in [4.78, 5) is 0.181. The topological polar surface area (TPSA) is 97.5 Å². The van der Waals surface area contributed by atoms with Crippen LogP contribution in [0.1, 0.15) is 18.4 Å². The van der Waals surface area contributed by atoms with Crippen molar-refractivity contribution in [1.82, 2.24) is 4.31 Å². The molecule has 0 unspecified atom stereocenters. The standard InChI is InChI=1S/C13H20N2O4S2/c1-20(16,17)10-11-4-6-13(7-5-11)21(18,19)15-8-2-3-12(15)9-14/h4-7,12H,2-3,8-10,14H2,1H3/t12-/m0/s1. The van der Waals surface area contributed by atoms with Gasteiger partial charge in [-0.05, 0) is 30.5 Å². The second kappa shape index (κ2) is 6.04. The highest BCUT2D eigenvalue weighted by Gasteiger charge is 2.34. The molecular formula is C13H20N2O4S2. The van der Waals surface area contributed by atoms with Crippen molar-refractivity contribution in [2.75, 3.05) is 19.3 Å². The van der Waals surface area contributed by atoms with E-state index >= 15 is 0 Å². The zero-order chi connectivity index (χ0) is 15.7. The van der Waals surface area contributed by atoms with Gasteiger partial charge in [-0.25, -0.2) is 16.8 Å². The Morgan fingerprint density at radius 2 is 1.81 bits per heavy atom. The van der Waals surface area contributed by atoms with E-state index in [0.29, 0.717) is 18.7 Å². The Morgan fingerprint density at radius 3 is 2.33 bits per heavy atom. The van der Waals surface area contributed by atoms with Gasteiger partial charge in [0.25, 0.3) is 0 Å². The monoisotopic (exact) mass is 332 g/mol. The van der Waals surface area contributed by atoms with Crippen molar-refractivity contribution in [2.24, 2.45) is 5.73 Å². The van der Waals surface area contributed by atoms with Crippen molar-refractivity contribution in [3.8, 4) is 0 Å². The Kier molecular flexibility index (Phi) is 4.72. The number of rotatable bonds is 5. The number of nitrogens with zero attached hydrogens (tertiary/aromatic N) is 1. The van der Waals surface area contributed by atoms with E-state index in [0.717, 1.165) is 19.1 Å². The fourth-order valence-electron chi connectivity index (χ4n) is 2.56. The van der Waals surface area contributed by atoms with E-state index in [4.69, 9.17) is 5.73 Å². The smallest absolute Gasteiger partial charge is 0.243 e. The maximum absolute atomic E-state index is 12.6. The Hall–Kier alpha value is -0.960. The molecule has 1 heterocycles. The predicted octanol–water partition coefficient (Wildman–Crippen LogP) is 0.343. The molecule has 0 amide bonds. The average Bonchev–Trinajstić information content (AvgIpc) is 2.86. The normalized spacial score (nSPS) is 20.8. The molecule has 0 aliphatic carbocycles. The third-order valence-electron chi connectivity index (χ3n) is 3.55. The highest BCUT2D eigenvalue weighted by Crippen LogP contribution is 2.25. The van der Waals surface area contributed by atoms with Crippen molar-refractivity contribution in [3.05, 3.63) is 29.8 Å². The molecule has 0 aromatic heterocycles. The first-order valence-corrected chi connectivity index (χ1v) is 10.2. The van der Waals surface area contributed by atoms with Crippen LogP contribution in [0, 0.1) is 0 Å². The van der Waals surface area contributed by atoms with Gasteiger partial charge in [-0.15, -0.1) is 0 Å². The molecule has 2 rings (SSSR count). The second-order valence-electron chi connectivity index (χ2n) is 5.36. The van der Waals surface area contributed by atoms with Crippen molar-refractivity contribution >= 4 is 19.9 Å². The van der Waals surface area contributed by atoms with Gasteiger partial charge in [0.1, 0.15) is 0 Å². The summed E-state index contributed by atoms with van der Waals surface area (Å²) in [5.74, 6) is -0.0948. The summed E-state index contributed by atoms with van der Waals surface area (Å²) in [7, 11) is -6.69. The number of sulfone groups is 1. The van der Waals surface area contributed by atoms with Crippen LogP contribution in [0.25, 0.3) is 0 Å². The molecule has 0 saturated carbocycles. The van der Waals surface area contributed by atoms with Crippen LogP contribution in [-0.4, -0.2) is 46.5 Å². The SMILES string of the molecule is CS(=O)(=O)Cc1ccc(S(=O)(=O)N2CCC[C@H]2CN)cc1. The molecule has 1 aliphatic rings. The molecule has 0 bridgehead atoms. The number of hydrogen-bond donors (Lipinski definition) is 1. The molecule has 6 nitrogen and oxygen atoms in total. The van der Waals surface area contributed by atoms with Crippen molar-refractivity contribution in [1.29, 1.82) is 0 Å². The largest absolute Gasteiger partial charge is 0.329 e. The predicted molar refractivity (Wildman–Crippen MR) is 81.0 cm³/mol. The molecule has 1 aliphatic heterocycles. The summed E-state index contributed by atoms with van der Waals surface area (Å²) in [6.07, 6.45) is 2.74. The van der Waals surface area contributed by atoms with Crippen LogP contribution in [0.5, 0.6) is 0 Å². The molecule has 118 valence electrons. The third kappa shape index (κ3) is 3.82.